The van der Waals surface area contributed by atoms with Crippen molar-refractivity contribution in [3.8, 4) is 11.3 Å². The van der Waals surface area contributed by atoms with Gasteiger partial charge in [0.15, 0.2) is 0 Å². The lowest BCUT2D eigenvalue weighted by atomic mass is 10.1. The summed E-state index contributed by atoms with van der Waals surface area (Å²) in [5.41, 5.74) is 1.98. The lowest BCUT2D eigenvalue weighted by molar-refractivity contribution is -0.123. The fourth-order valence-electron chi connectivity index (χ4n) is 2.29. The first-order chi connectivity index (χ1) is 10.8. The van der Waals surface area contributed by atoms with Gasteiger partial charge in [-0.05, 0) is 12.1 Å². The Balaban J connectivity index is 1.92. The number of H-pyrrole nitrogens is 1. The van der Waals surface area contributed by atoms with Crippen molar-refractivity contribution in [1.29, 1.82) is 0 Å². The fraction of sp³-hybridized carbons (Fsp3) is 0.214. The van der Waals surface area contributed by atoms with Crippen molar-refractivity contribution in [3.63, 3.8) is 0 Å². The molecule has 1 amide bonds. The summed E-state index contributed by atoms with van der Waals surface area (Å²) in [7, 11) is 1.58. The summed E-state index contributed by atoms with van der Waals surface area (Å²) in [5.74, 6) is -0.796. The van der Waals surface area contributed by atoms with Crippen molar-refractivity contribution in [2.45, 2.75) is 6.18 Å². The average molecular weight is 323 g/mol. The Bertz CT molecular complexity index is 865. The Morgan fingerprint density at radius 1 is 1.39 bits per heavy atom. The van der Waals surface area contributed by atoms with Gasteiger partial charge in [-0.1, -0.05) is 0 Å². The van der Waals surface area contributed by atoms with Gasteiger partial charge >= 0.3 is 6.18 Å². The van der Waals surface area contributed by atoms with Gasteiger partial charge < -0.3 is 14.9 Å². The van der Waals surface area contributed by atoms with Crippen molar-refractivity contribution >= 4 is 16.9 Å². The van der Waals surface area contributed by atoms with Crippen LogP contribution in [0.3, 0.4) is 0 Å². The van der Waals surface area contributed by atoms with Gasteiger partial charge in [0.2, 0.25) is 0 Å². The molecule has 0 saturated carbocycles. The molecule has 120 valence electrons. The van der Waals surface area contributed by atoms with Gasteiger partial charge in [-0.25, -0.2) is 9.97 Å². The van der Waals surface area contributed by atoms with E-state index in [1.807, 2.05) is 5.32 Å². The van der Waals surface area contributed by atoms with Gasteiger partial charge in [0.25, 0.3) is 5.91 Å². The quantitative estimate of drug-likeness (QED) is 0.776. The molecule has 0 atom stereocenters. The number of hydrogen-bond acceptors (Lipinski definition) is 3. The first-order valence-electron chi connectivity index (χ1n) is 6.65. The number of hydrogen-bond donors (Lipinski definition) is 2. The monoisotopic (exact) mass is 323 g/mol. The number of fused-ring (bicyclic) bond motifs is 1. The Morgan fingerprint density at radius 2 is 2.17 bits per heavy atom. The minimum Gasteiger partial charge on any atom is -0.346 e. The number of alkyl halides is 3. The molecule has 0 spiro atoms. The van der Waals surface area contributed by atoms with Crippen molar-refractivity contribution in [2.24, 2.45) is 7.05 Å². The van der Waals surface area contributed by atoms with E-state index in [0.717, 1.165) is 5.39 Å². The van der Waals surface area contributed by atoms with Crippen molar-refractivity contribution < 1.29 is 18.0 Å². The summed E-state index contributed by atoms with van der Waals surface area (Å²) in [4.78, 5) is 23.1. The highest BCUT2D eigenvalue weighted by molar-refractivity contribution is 5.96. The maximum absolute atomic E-state index is 12.2. The minimum absolute atomic E-state index is 0.117. The second-order valence-corrected chi connectivity index (χ2v) is 4.99. The average Bonchev–Trinajstić information content (AvgIpc) is 3.09. The molecule has 0 aliphatic carbocycles. The zero-order valence-corrected chi connectivity index (χ0v) is 12.0. The molecule has 0 fully saturated rings. The summed E-state index contributed by atoms with van der Waals surface area (Å²) < 4.78 is 38.1. The van der Waals surface area contributed by atoms with Crippen molar-refractivity contribution in [1.82, 2.24) is 24.8 Å². The number of carbonyl (C=O) groups excluding carboxylic acids is 1. The highest BCUT2D eigenvalue weighted by Crippen LogP contribution is 2.26. The summed E-state index contributed by atoms with van der Waals surface area (Å²) in [6.45, 7) is -1.37. The van der Waals surface area contributed by atoms with E-state index in [9.17, 15) is 18.0 Å². The molecule has 0 saturated heterocycles. The maximum atomic E-state index is 12.2. The van der Waals surface area contributed by atoms with Gasteiger partial charge in [0, 0.05) is 30.4 Å². The van der Waals surface area contributed by atoms with Crippen LogP contribution in [0.15, 0.2) is 30.9 Å². The standard InChI is InChI=1S/C14H12F3N5O/c1-22-5-8(4-10(22)13(23)19-6-14(15,16)17)11-9-2-3-18-12(9)21-7-20-11/h2-5,7H,6H2,1H3,(H,19,23)(H,18,20,21). The number of aromatic nitrogens is 4. The number of aryl methyl sites for hydroxylation is 1. The van der Waals surface area contributed by atoms with Crippen LogP contribution in [0.4, 0.5) is 13.2 Å². The van der Waals surface area contributed by atoms with E-state index in [0.29, 0.717) is 16.9 Å². The topological polar surface area (TPSA) is 75.6 Å². The van der Waals surface area contributed by atoms with Crippen LogP contribution in [0.5, 0.6) is 0 Å². The third kappa shape index (κ3) is 3.03. The summed E-state index contributed by atoms with van der Waals surface area (Å²) >= 11 is 0. The maximum Gasteiger partial charge on any atom is 0.405 e. The second-order valence-electron chi connectivity index (χ2n) is 4.99. The summed E-state index contributed by atoms with van der Waals surface area (Å²) in [6, 6.07) is 3.29. The molecule has 3 heterocycles. The van der Waals surface area contributed by atoms with E-state index in [1.165, 1.54) is 17.0 Å². The highest BCUT2D eigenvalue weighted by atomic mass is 19.4. The molecule has 3 aromatic rings. The molecule has 6 nitrogen and oxygen atoms in total. The van der Waals surface area contributed by atoms with E-state index >= 15 is 0 Å². The van der Waals surface area contributed by atoms with E-state index < -0.39 is 18.6 Å². The molecule has 3 rings (SSSR count). The minimum atomic E-state index is -4.45. The molecule has 0 unspecified atom stereocenters. The van der Waals surface area contributed by atoms with Gasteiger partial charge in [-0.3, -0.25) is 4.79 Å². The Kier molecular flexibility index (Phi) is 3.55. The number of aromatic amines is 1. The van der Waals surface area contributed by atoms with E-state index in [-0.39, 0.29) is 5.69 Å². The molecule has 0 aromatic carbocycles. The molecular weight excluding hydrogens is 311 g/mol. The SMILES string of the molecule is Cn1cc(-c2ncnc3[nH]ccc23)cc1C(=O)NCC(F)(F)F. The molecule has 23 heavy (non-hydrogen) atoms. The Morgan fingerprint density at radius 3 is 2.91 bits per heavy atom. The van der Waals surface area contributed by atoms with E-state index in [1.54, 1.807) is 25.5 Å². The first kappa shape index (κ1) is 15.1. The van der Waals surface area contributed by atoms with E-state index in [2.05, 4.69) is 15.0 Å². The third-order valence-electron chi connectivity index (χ3n) is 3.31. The van der Waals surface area contributed by atoms with Gasteiger partial charge in [0.05, 0.1) is 5.69 Å². The van der Waals surface area contributed by atoms with Gasteiger partial charge in [0.1, 0.15) is 24.2 Å². The summed E-state index contributed by atoms with van der Waals surface area (Å²) in [5, 5.41) is 2.62. The molecule has 3 aromatic heterocycles. The number of nitrogens with one attached hydrogen (secondary N) is 2. The third-order valence-corrected chi connectivity index (χ3v) is 3.31. The van der Waals surface area contributed by atoms with Crippen LogP contribution in [0, 0.1) is 0 Å². The summed E-state index contributed by atoms with van der Waals surface area (Å²) in [6.07, 6.45) is 0.276. The van der Waals surface area contributed by atoms with Crippen LogP contribution >= 0.6 is 0 Å². The van der Waals surface area contributed by atoms with Crippen LogP contribution in [0.1, 0.15) is 10.5 Å². The zero-order valence-electron chi connectivity index (χ0n) is 12.0. The van der Waals surface area contributed by atoms with Crippen LogP contribution < -0.4 is 5.32 Å². The zero-order chi connectivity index (χ0) is 16.6. The Labute approximate surface area is 128 Å². The molecule has 0 aliphatic heterocycles. The number of halogens is 3. The predicted molar refractivity (Wildman–Crippen MR) is 76.7 cm³/mol. The molecule has 0 bridgehead atoms. The predicted octanol–water partition coefficient (Wildman–Crippen LogP) is 2.26. The largest absolute Gasteiger partial charge is 0.405 e. The number of amides is 1. The van der Waals surface area contributed by atoms with Crippen molar-refractivity contribution in [2.75, 3.05) is 6.54 Å². The van der Waals surface area contributed by atoms with Crippen LogP contribution in [0.25, 0.3) is 22.3 Å². The van der Waals surface area contributed by atoms with Crippen molar-refractivity contribution in [3.05, 3.63) is 36.5 Å². The van der Waals surface area contributed by atoms with Gasteiger partial charge in [-0.15, -0.1) is 0 Å². The normalized spacial score (nSPS) is 11.8. The lowest BCUT2D eigenvalue weighted by Crippen LogP contribution is -2.34. The fourth-order valence-corrected chi connectivity index (χ4v) is 2.29. The Hall–Kier alpha value is -2.84. The van der Waals surface area contributed by atoms with Gasteiger partial charge in [-0.2, -0.15) is 13.2 Å². The second kappa shape index (κ2) is 5.41. The van der Waals surface area contributed by atoms with Crippen LogP contribution in [-0.2, 0) is 7.05 Å². The highest BCUT2D eigenvalue weighted by Gasteiger charge is 2.28. The molecule has 0 aliphatic rings. The van der Waals surface area contributed by atoms with Crippen LogP contribution in [0.2, 0.25) is 0 Å². The number of rotatable bonds is 3. The molecule has 0 radical (unpaired) electrons. The van der Waals surface area contributed by atoms with E-state index in [4.69, 9.17) is 0 Å². The number of nitrogens with zero attached hydrogens (tertiary/aromatic N) is 3. The lowest BCUT2D eigenvalue weighted by Gasteiger charge is -2.08. The van der Waals surface area contributed by atoms with Crippen LogP contribution in [-0.4, -0.2) is 38.1 Å². The molecular formula is C14H12F3N5O. The number of carbonyl (C=O) groups is 1. The molecule has 9 heteroatoms. The first-order valence-corrected chi connectivity index (χ1v) is 6.65. The molecule has 2 N–H and O–H groups in total. The smallest absolute Gasteiger partial charge is 0.346 e.